The summed E-state index contributed by atoms with van der Waals surface area (Å²) in [6.45, 7) is 4.78. The van der Waals surface area contributed by atoms with Crippen LogP contribution < -0.4 is 5.73 Å². The highest BCUT2D eigenvalue weighted by molar-refractivity contribution is 5.63. The van der Waals surface area contributed by atoms with Crippen LogP contribution in [0.25, 0.3) is 11.3 Å². The number of benzene rings is 1. The molecule has 0 fully saturated rings. The lowest BCUT2D eigenvalue weighted by Gasteiger charge is -2.07. The zero-order valence-electron chi connectivity index (χ0n) is 10.5. The lowest BCUT2D eigenvalue weighted by molar-refractivity contribution is 0.525. The third kappa shape index (κ3) is 2.42. The molecule has 2 rings (SSSR count). The van der Waals surface area contributed by atoms with Crippen molar-refractivity contribution in [3.63, 3.8) is 0 Å². The highest BCUT2D eigenvalue weighted by Crippen LogP contribution is 2.27. The van der Waals surface area contributed by atoms with E-state index >= 15 is 0 Å². The van der Waals surface area contributed by atoms with Gasteiger partial charge in [-0.2, -0.15) is 0 Å². The molecule has 90 valence electrons. The first-order valence-electron chi connectivity index (χ1n) is 6.19. The molecule has 1 aromatic carbocycles. The second-order valence-electron chi connectivity index (χ2n) is 4.17. The minimum Gasteiger partial charge on any atom is -0.460 e. The first-order chi connectivity index (χ1) is 8.28. The monoisotopic (exact) mass is 229 g/mol. The zero-order valence-corrected chi connectivity index (χ0v) is 10.5. The van der Waals surface area contributed by atoms with Crippen molar-refractivity contribution < 1.29 is 4.42 Å². The Hall–Kier alpha value is -1.54. The van der Waals surface area contributed by atoms with Crippen LogP contribution in [0.15, 0.2) is 34.7 Å². The molecule has 2 heteroatoms. The summed E-state index contributed by atoms with van der Waals surface area (Å²) in [5.74, 6) is 1.77. The van der Waals surface area contributed by atoms with Crippen molar-refractivity contribution in [3.8, 4) is 11.3 Å². The molecule has 17 heavy (non-hydrogen) atoms. The van der Waals surface area contributed by atoms with Crippen LogP contribution >= 0.6 is 0 Å². The fourth-order valence-corrected chi connectivity index (χ4v) is 2.01. The Labute approximate surface area is 102 Å². The van der Waals surface area contributed by atoms with Gasteiger partial charge in [-0.15, -0.1) is 0 Å². The standard InChI is InChI=1S/C15H19NO/c1-3-11-5-6-12(4-2)14(9-11)15-8-7-13(10-16)17-15/h5-9H,3-4,10,16H2,1-2H3. The van der Waals surface area contributed by atoms with Gasteiger partial charge in [-0.3, -0.25) is 0 Å². The van der Waals surface area contributed by atoms with Gasteiger partial charge in [0.05, 0.1) is 6.54 Å². The molecular formula is C15H19NO. The van der Waals surface area contributed by atoms with Gasteiger partial charge in [-0.1, -0.05) is 26.0 Å². The van der Waals surface area contributed by atoms with Crippen molar-refractivity contribution in [2.24, 2.45) is 5.73 Å². The number of aryl methyl sites for hydroxylation is 2. The van der Waals surface area contributed by atoms with Crippen molar-refractivity contribution in [1.29, 1.82) is 0 Å². The van der Waals surface area contributed by atoms with Gasteiger partial charge in [0.25, 0.3) is 0 Å². The molecule has 0 saturated heterocycles. The van der Waals surface area contributed by atoms with Crippen LogP contribution in [-0.2, 0) is 19.4 Å². The first-order valence-corrected chi connectivity index (χ1v) is 6.19. The summed E-state index contributed by atoms with van der Waals surface area (Å²) in [6, 6.07) is 10.6. The van der Waals surface area contributed by atoms with Crippen LogP contribution in [0.5, 0.6) is 0 Å². The molecule has 1 aromatic heterocycles. The minimum atomic E-state index is 0.453. The molecule has 0 atom stereocenters. The predicted molar refractivity (Wildman–Crippen MR) is 70.8 cm³/mol. The number of furan rings is 1. The minimum absolute atomic E-state index is 0.453. The summed E-state index contributed by atoms with van der Waals surface area (Å²) in [5.41, 5.74) is 9.43. The summed E-state index contributed by atoms with van der Waals surface area (Å²) < 4.78 is 5.74. The van der Waals surface area contributed by atoms with Crippen molar-refractivity contribution in [1.82, 2.24) is 0 Å². The molecule has 0 radical (unpaired) electrons. The summed E-state index contributed by atoms with van der Waals surface area (Å²) in [5, 5.41) is 0. The fraction of sp³-hybridized carbons (Fsp3) is 0.333. The van der Waals surface area contributed by atoms with E-state index in [0.29, 0.717) is 6.54 Å². The summed E-state index contributed by atoms with van der Waals surface area (Å²) >= 11 is 0. The van der Waals surface area contributed by atoms with Gasteiger partial charge >= 0.3 is 0 Å². The maximum absolute atomic E-state index is 5.74. The number of hydrogen-bond donors (Lipinski definition) is 1. The van der Waals surface area contributed by atoms with E-state index in [-0.39, 0.29) is 0 Å². The molecule has 0 aliphatic heterocycles. The predicted octanol–water partition coefficient (Wildman–Crippen LogP) is 3.53. The third-order valence-electron chi connectivity index (χ3n) is 3.09. The van der Waals surface area contributed by atoms with E-state index in [1.54, 1.807) is 0 Å². The molecule has 0 aliphatic carbocycles. The Bertz CT molecular complexity index is 499. The number of hydrogen-bond acceptors (Lipinski definition) is 2. The van der Waals surface area contributed by atoms with Crippen LogP contribution in [0.3, 0.4) is 0 Å². The van der Waals surface area contributed by atoms with Gasteiger partial charge in [-0.25, -0.2) is 0 Å². The Morgan fingerprint density at radius 2 is 1.88 bits per heavy atom. The molecule has 0 unspecified atom stereocenters. The fourth-order valence-electron chi connectivity index (χ4n) is 2.01. The van der Waals surface area contributed by atoms with E-state index in [2.05, 4.69) is 32.0 Å². The lowest BCUT2D eigenvalue weighted by Crippen LogP contribution is -1.93. The Balaban J connectivity index is 2.47. The van der Waals surface area contributed by atoms with Gasteiger partial charge in [0.15, 0.2) is 0 Å². The number of rotatable bonds is 4. The molecule has 2 N–H and O–H groups in total. The van der Waals surface area contributed by atoms with Gasteiger partial charge in [0.2, 0.25) is 0 Å². The van der Waals surface area contributed by atoms with E-state index in [9.17, 15) is 0 Å². The van der Waals surface area contributed by atoms with Crippen LogP contribution in [0.1, 0.15) is 30.7 Å². The smallest absolute Gasteiger partial charge is 0.134 e. The van der Waals surface area contributed by atoms with Gasteiger partial charge < -0.3 is 10.2 Å². The van der Waals surface area contributed by atoms with Crippen molar-refractivity contribution in [2.75, 3.05) is 0 Å². The lowest BCUT2D eigenvalue weighted by atomic mass is 9.99. The van der Waals surface area contributed by atoms with E-state index in [1.165, 1.54) is 16.7 Å². The zero-order chi connectivity index (χ0) is 12.3. The molecule has 0 saturated carbocycles. The molecule has 2 aromatic rings. The van der Waals surface area contributed by atoms with E-state index in [1.807, 2.05) is 12.1 Å². The van der Waals surface area contributed by atoms with E-state index < -0.39 is 0 Å². The molecule has 2 nitrogen and oxygen atoms in total. The molecule has 0 spiro atoms. The van der Waals surface area contributed by atoms with E-state index in [4.69, 9.17) is 10.2 Å². The average Bonchev–Trinajstić information content (AvgIpc) is 2.86. The SMILES string of the molecule is CCc1ccc(CC)c(-c2ccc(CN)o2)c1. The summed E-state index contributed by atoms with van der Waals surface area (Å²) in [6.07, 6.45) is 2.05. The molecule has 0 amide bonds. The Morgan fingerprint density at radius 3 is 2.47 bits per heavy atom. The Kier molecular flexibility index (Phi) is 3.64. The number of nitrogens with two attached hydrogens (primary N) is 1. The van der Waals surface area contributed by atoms with Crippen LogP contribution in [-0.4, -0.2) is 0 Å². The average molecular weight is 229 g/mol. The van der Waals surface area contributed by atoms with Gasteiger partial charge in [-0.05, 0) is 42.2 Å². The quantitative estimate of drug-likeness (QED) is 0.871. The highest BCUT2D eigenvalue weighted by Gasteiger charge is 2.09. The molecule has 1 heterocycles. The molecular weight excluding hydrogens is 210 g/mol. The third-order valence-corrected chi connectivity index (χ3v) is 3.09. The normalized spacial score (nSPS) is 10.8. The topological polar surface area (TPSA) is 39.2 Å². The summed E-state index contributed by atoms with van der Waals surface area (Å²) in [4.78, 5) is 0. The second-order valence-corrected chi connectivity index (χ2v) is 4.17. The maximum Gasteiger partial charge on any atom is 0.134 e. The van der Waals surface area contributed by atoms with Crippen molar-refractivity contribution in [2.45, 2.75) is 33.2 Å². The van der Waals surface area contributed by atoms with Crippen molar-refractivity contribution in [3.05, 3.63) is 47.2 Å². The Morgan fingerprint density at radius 1 is 1.06 bits per heavy atom. The first kappa shape index (κ1) is 11.9. The van der Waals surface area contributed by atoms with Crippen LogP contribution in [0.4, 0.5) is 0 Å². The maximum atomic E-state index is 5.74. The summed E-state index contributed by atoms with van der Waals surface area (Å²) in [7, 11) is 0. The largest absolute Gasteiger partial charge is 0.460 e. The highest BCUT2D eigenvalue weighted by atomic mass is 16.3. The van der Waals surface area contributed by atoms with Crippen LogP contribution in [0, 0.1) is 0 Å². The van der Waals surface area contributed by atoms with Crippen molar-refractivity contribution >= 4 is 0 Å². The molecule has 0 bridgehead atoms. The van der Waals surface area contributed by atoms with Gasteiger partial charge in [0, 0.05) is 5.56 Å². The second kappa shape index (κ2) is 5.19. The van der Waals surface area contributed by atoms with Gasteiger partial charge in [0.1, 0.15) is 11.5 Å². The van der Waals surface area contributed by atoms with Crippen LogP contribution in [0.2, 0.25) is 0 Å². The van der Waals surface area contributed by atoms with E-state index in [0.717, 1.165) is 24.4 Å². The molecule has 0 aliphatic rings.